The minimum absolute atomic E-state index is 0.158. The van der Waals surface area contributed by atoms with Gasteiger partial charge in [-0.2, -0.15) is 0 Å². The zero-order chi connectivity index (χ0) is 22.9. The molecule has 0 saturated heterocycles. The van der Waals surface area contributed by atoms with Crippen LogP contribution in [0, 0.1) is 0 Å². The smallest absolute Gasteiger partial charge is 0.328 e. The minimum atomic E-state index is -0.924. The summed E-state index contributed by atoms with van der Waals surface area (Å²) in [5.41, 5.74) is 4.52. The highest BCUT2D eigenvalue weighted by molar-refractivity contribution is 7.99. The van der Waals surface area contributed by atoms with Crippen molar-refractivity contribution >= 4 is 23.3 Å². The molecule has 0 unspecified atom stereocenters. The predicted octanol–water partition coefficient (Wildman–Crippen LogP) is 7.80. The lowest BCUT2D eigenvalue weighted by Crippen LogP contribution is -2.23. The number of allylic oxidation sites excluding steroid dienone is 5. The first-order valence-corrected chi connectivity index (χ1v) is 12.4. The summed E-state index contributed by atoms with van der Waals surface area (Å²) in [4.78, 5) is 12.1. The third kappa shape index (κ3) is 7.92. The molecule has 0 aliphatic carbocycles. The number of carboxylic acid groups (broad SMARTS) is 1. The van der Waals surface area contributed by atoms with Crippen LogP contribution in [0.2, 0.25) is 0 Å². The highest BCUT2D eigenvalue weighted by Crippen LogP contribution is 2.45. The summed E-state index contributed by atoms with van der Waals surface area (Å²) < 4.78 is 6.29. The monoisotopic (exact) mass is 442 g/mol. The maximum absolute atomic E-state index is 10.8. The van der Waals surface area contributed by atoms with E-state index in [2.05, 4.69) is 39.8 Å². The Morgan fingerprint density at radius 3 is 2.65 bits per heavy atom. The maximum atomic E-state index is 10.8. The first-order chi connectivity index (χ1) is 14.7. The molecule has 1 N–H and O–H groups in total. The van der Waals surface area contributed by atoms with Gasteiger partial charge in [0.05, 0.1) is 6.61 Å². The standard InChI is InChI=1S/C27H38O3S/c1-6-7-8-9-10-15-30-24-19-25-23(27(4,5)14-16-31-25)18-22(24)21(3)13-11-12-20(2)17-26(28)29/h11-13,17-19H,6-10,14-16H2,1-5H3,(H,28,29)/b12-11+,20-17+,21-13+. The average molecular weight is 443 g/mol. The highest BCUT2D eigenvalue weighted by Gasteiger charge is 2.29. The number of rotatable bonds is 11. The van der Waals surface area contributed by atoms with Crippen molar-refractivity contribution in [1.29, 1.82) is 0 Å². The van der Waals surface area contributed by atoms with E-state index < -0.39 is 5.97 Å². The molecular weight excluding hydrogens is 404 g/mol. The first kappa shape index (κ1) is 25.3. The Balaban J connectivity index is 2.28. The van der Waals surface area contributed by atoms with Gasteiger partial charge in [-0.1, -0.05) is 64.7 Å². The van der Waals surface area contributed by atoms with Gasteiger partial charge in [-0.3, -0.25) is 0 Å². The minimum Gasteiger partial charge on any atom is -0.493 e. The summed E-state index contributed by atoms with van der Waals surface area (Å²) in [7, 11) is 0. The molecule has 0 bridgehead atoms. The lowest BCUT2D eigenvalue weighted by atomic mass is 9.80. The average Bonchev–Trinajstić information content (AvgIpc) is 2.69. The van der Waals surface area contributed by atoms with Crippen molar-refractivity contribution in [1.82, 2.24) is 0 Å². The maximum Gasteiger partial charge on any atom is 0.328 e. The molecule has 4 heteroatoms. The van der Waals surface area contributed by atoms with Gasteiger partial charge in [-0.05, 0) is 66.7 Å². The van der Waals surface area contributed by atoms with E-state index >= 15 is 0 Å². The van der Waals surface area contributed by atoms with Crippen LogP contribution in [0.5, 0.6) is 5.75 Å². The van der Waals surface area contributed by atoms with Gasteiger partial charge in [0.15, 0.2) is 0 Å². The van der Waals surface area contributed by atoms with Crippen LogP contribution in [-0.4, -0.2) is 23.4 Å². The SMILES string of the molecule is CCCCCCCOc1cc2c(cc1/C(C)=C/C=C/C(C)=C/C(=O)O)C(C)(C)CCS2. The second-order valence-electron chi connectivity index (χ2n) is 9.02. The number of benzene rings is 1. The van der Waals surface area contributed by atoms with Crippen molar-refractivity contribution in [2.45, 2.75) is 83.5 Å². The summed E-state index contributed by atoms with van der Waals surface area (Å²) >= 11 is 1.93. The van der Waals surface area contributed by atoms with Crippen molar-refractivity contribution < 1.29 is 14.6 Å². The van der Waals surface area contributed by atoms with Crippen LogP contribution in [0.3, 0.4) is 0 Å². The Morgan fingerprint density at radius 1 is 1.19 bits per heavy atom. The number of unbranched alkanes of at least 4 members (excludes halogenated alkanes) is 4. The largest absolute Gasteiger partial charge is 0.493 e. The van der Waals surface area contributed by atoms with E-state index in [0.717, 1.165) is 35.7 Å². The molecule has 170 valence electrons. The van der Waals surface area contributed by atoms with Crippen LogP contribution in [0.1, 0.15) is 84.3 Å². The summed E-state index contributed by atoms with van der Waals surface area (Å²) in [5.74, 6) is 1.18. The van der Waals surface area contributed by atoms with E-state index in [0.29, 0.717) is 5.57 Å². The van der Waals surface area contributed by atoms with Gasteiger partial charge in [-0.25, -0.2) is 4.79 Å². The number of carboxylic acids is 1. The van der Waals surface area contributed by atoms with Crippen LogP contribution >= 0.6 is 11.8 Å². The van der Waals surface area contributed by atoms with E-state index in [1.807, 2.05) is 30.0 Å². The quantitative estimate of drug-likeness (QED) is 0.216. The molecule has 0 amide bonds. The first-order valence-electron chi connectivity index (χ1n) is 11.5. The summed E-state index contributed by atoms with van der Waals surface area (Å²) in [6, 6.07) is 4.55. The van der Waals surface area contributed by atoms with Gasteiger partial charge < -0.3 is 9.84 Å². The van der Waals surface area contributed by atoms with Crippen LogP contribution < -0.4 is 4.74 Å². The van der Waals surface area contributed by atoms with E-state index in [4.69, 9.17) is 9.84 Å². The lowest BCUT2D eigenvalue weighted by molar-refractivity contribution is -0.131. The van der Waals surface area contributed by atoms with Gasteiger partial charge in [-0.15, -0.1) is 11.8 Å². The fourth-order valence-corrected chi connectivity index (χ4v) is 5.27. The molecule has 3 nitrogen and oxygen atoms in total. The topological polar surface area (TPSA) is 46.5 Å². The number of carbonyl (C=O) groups is 1. The zero-order valence-corrected chi connectivity index (χ0v) is 20.6. The Kier molecular flexibility index (Phi) is 9.95. The van der Waals surface area contributed by atoms with E-state index in [-0.39, 0.29) is 5.41 Å². The molecule has 0 spiro atoms. The van der Waals surface area contributed by atoms with Gasteiger partial charge in [0.1, 0.15) is 5.75 Å². The van der Waals surface area contributed by atoms with Gasteiger partial charge in [0, 0.05) is 16.5 Å². The molecule has 0 atom stereocenters. The van der Waals surface area contributed by atoms with Crippen LogP contribution in [0.25, 0.3) is 5.57 Å². The molecule has 0 saturated carbocycles. The number of hydrogen-bond donors (Lipinski definition) is 1. The van der Waals surface area contributed by atoms with E-state index in [9.17, 15) is 4.79 Å². The summed E-state index contributed by atoms with van der Waals surface area (Å²) in [6.07, 6.45) is 14.3. The Hall–Kier alpha value is -1.94. The number of aliphatic carboxylic acids is 1. The molecule has 2 rings (SSSR count). The van der Waals surface area contributed by atoms with Gasteiger partial charge in [0.25, 0.3) is 0 Å². The fourth-order valence-electron chi connectivity index (χ4n) is 3.75. The van der Waals surface area contributed by atoms with Crippen molar-refractivity contribution in [2.24, 2.45) is 0 Å². The van der Waals surface area contributed by atoms with Crippen LogP contribution in [0.15, 0.2) is 46.9 Å². The molecule has 0 radical (unpaired) electrons. The molecule has 1 aliphatic rings. The number of fused-ring (bicyclic) bond motifs is 1. The lowest BCUT2D eigenvalue weighted by Gasteiger charge is -2.33. The van der Waals surface area contributed by atoms with Crippen molar-refractivity contribution in [2.75, 3.05) is 12.4 Å². The Labute approximate surface area is 192 Å². The van der Waals surface area contributed by atoms with E-state index in [1.54, 1.807) is 6.92 Å². The third-order valence-corrected chi connectivity index (χ3v) is 6.84. The van der Waals surface area contributed by atoms with E-state index in [1.165, 1.54) is 48.6 Å². The second-order valence-corrected chi connectivity index (χ2v) is 10.2. The highest BCUT2D eigenvalue weighted by atomic mass is 32.2. The van der Waals surface area contributed by atoms with Crippen molar-refractivity contribution in [3.8, 4) is 5.75 Å². The van der Waals surface area contributed by atoms with Crippen molar-refractivity contribution in [3.63, 3.8) is 0 Å². The fraction of sp³-hybridized carbons (Fsp3) is 0.519. The number of thioether (sulfide) groups is 1. The molecule has 1 aliphatic heterocycles. The Morgan fingerprint density at radius 2 is 1.94 bits per heavy atom. The second kappa shape index (κ2) is 12.2. The molecule has 0 aromatic heterocycles. The molecule has 1 heterocycles. The summed E-state index contributed by atoms with van der Waals surface area (Å²) in [5, 5.41) is 8.87. The molecule has 0 fully saturated rings. The molecule has 1 aromatic rings. The van der Waals surface area contributed by atoms with Crippen molar-refractivity contribution in [3.05, 3.63) is 53.1 Å². The Bertz CT molecular complexity index is 846. The normalized spacial score (nSPS) is 16.4. The zero-order valence-electron chi connectivity index (χ0n) is 19.8. The van der Waals surface area contributed by atoms with Crippen LogP contribution in [0.4, 0.5) is 0 Å². The van der Waals surface area contributed by atoms with Gasteiger partial charge in [0.2, 0.25) is 0 Å². The summed E-state index contributed by atoms with van der Waals surface area (Å²) in [6.45, 7) is 11.5. The number of hydrogen-bond acceptors (Lipinski definition) is 3. The number of ether oxygens (including phenoxy) is 1. The third-order valence-electron chi connectivity index (χ3n) is 5.78. The molecular formula is C27H38O3S. The van der Waals surface area contributed by atoms with Crippen LogP contribution in [-0.2, 0) is 10.2 Å². The molecule has 31 heavy (non-hydrogen) atoms. The molecule has 1 aromatic carbocycles. The predicted molar refractivity (Wildman–Crippen MR) is 133 cm³/mol. The van der Waals surface area contributed by atoms with Gasteiger partial charge >= 0.3 is 5.97 Å².